The summed E-state index contributed by atoms with van der Waals surface area (Å²) in [6, 6.07) is 3.28. The number of carbonyl (C=O) groups is 5. The zero-order chi connectivity index (χ0) is 56.6. The van der Waals surface area contributed by atoms with Crippen LogP contribution in [0.1, 0.15) is 79.5 Å². The van der Waals surface area contributed by atoms with Gasteiger partial charge >= 0.3 is 24.3 Å². The monoisotopic (exact) mass is 1130 g/mol. The van der Waals surface area contributed by atoms with Gasteiger partial charge in [-0.2, -0.15) is 45.3 Å². The Hall–Kier alpha value is -6.99. The minimum Gasteiger partial charge on any atom is -0.481 e. The molecule has 0 spiro atoms. The second-order valence-corrected chi connectivity index (χ2v) is 20.6. The summed E-state index contributed by atoms with van der Waals surface area (Å²) in [6.07, 6.45) is -9.68. The summed E-state index contributed by atoms with van der Waals surface area (Å²) in [5.74, 6) is -9.92. The van der Waals surface area contributed by atoms with Crippen LogP contribution in [0.15, 0.2) is 54.6 Å². The third kappa shape index (κ3) is 13.5. The number of amides is 3. The number of carbonyl (C=O) groups excluding carboxylic acids is 3. The van der Waals surface area contributed by atoms with Gasteiger partial charge in [-0.05, 0) is 74.3 Å². The SMILES string of the molecule is CSC(C)(C)C#Cc1ccc(-c2ccc(Cl)c3c(N(C(=O)/C=C/C(=O)NC(CC(=O)O)C(=O)O)S(C)=O)nn(CC(F)(F)F)c23)c(C(Cc2cc(F)cc(F)c2)NC(=O)Cn2nc(C(F)(F)F)c3c2C(F)(F)C[C@@H]3C)n1. The lowest BCUT2D eigenvalue weighted by atomic mass is 9.93. The van der Waals surface area contributed by atoms with Crippen molar-refractivity contribution in [3.63, 3.8) is 0 Å². The summed E-state index contributed by atoms with van der Waals surface area (Å²) in [6.45, 7) is 1.35. The summed E-state index contributed by atoms with van der Waals surface area (Å²) in [5, 5.41) is 29.1. The van der Waals surface area contributed by atoms with Crippen LogP contribution in [0.2, 0.25) is 5.02 Å². The molecule has 0 aliphatic heterocycles. The van der Waals surface area contributed by atoms with Gasteiger partial charge in [0.25, 0.3) is 11.8 Å². The van der Waals surface area contributed by atoms with Crippen LogP contribution < -0.4 is 14.9 Å². The van der Waals surface area contributed by atoms with E-state index >= 15 is 8.78 Å². The maximum absolute atomic E-state index is 15.4. The summed E-state index contributed by atoms with van der Waals surface area (Å²) in [5.41, 5.74) is -5.42. The normalized spacial score (nSPS) is 15.7. The molecule has 76 heavy (non-hydrogen) atoms. The summed E-state index contributed by atoms with van der Waals surface area (Å²) >= 11 is 7.99. The third-order valence-corrected chi connectivity index (χ3v) is 13.7. The van der Waals surface area contributed by atoms with Crippen molar-refractivity contribution in [2.75, 3.05) is 16.8 Å². The van der Waals surface area contributed by atoms with Crippen LogP contribution in [0.25, 0.3) is 22.0 Å². The van der Waals surface area contributed by atoms with Gasteiger partial charge in [0.1, 0.15) is 53.1 Å². The molecule has 5 aromatic rings. The quantitative estimate of drug-likeness (QED) is 0.0393. The Labute approximate surface area is 435 Å². The molecule has 0 radical (unpaired) electrons. The number of carboxylic acid groups (broad SMARTS) is 2. The number of hydrogen-bond donors (Lipinski definition) is 4. The molecule has 16 nitrogen and oxygen atoms in total. The Bertz CT molecular complexity index is 3260. The minimum absolute atomic E-state index is 0.0831. The lowest BCUT2D eigenvalue weighted by Crippen LogP contribution is -2.41. The van der Waals surface area contributed by atoms with Gasteiger partial charge in [-0.3, -0.25) is 28.5 Å². The fourth-order valence-corrected chi connectivity index (χ4v) is 9.24. The molecular weight excluding hydrogens is 1090 g/mol. The number of pyridine rings is 1. The van der Waals surface area contributed by atoms with Crippen molar-refractivity contribution in [1.29, 1.82) is 0 Å². The number of anilines is 1. The van der Waals surface area contributed by atoms with Gasteiger partial charge in [0.15, 0.2) is 11.5 Å². The molecule has 0 bridgehead atoms. The van der Waals surface area contributed by atoms with E-state index in [-0.39, 0.29) is 32.8 Å². The highest BCUT2D eigenvalue weighted by Crippen LogP contribution is 2.52. The van der Waals surface area contributed by atoms with Crippen molar-refractivity contribution in [2.24, 2.45) is 0 Å². The van der Waals surface area contributed by atoms with E-state index in [1.807, 2.05) is 5.32 Å². The molecule has 0 saturated carbocycles. The molecule has 29 heteroatoms. The largest absolute Gasteiger partial charge is 0.481 e. The standard InChI is InChI=1S/C47H41ClF10N8O8S2/c1-22-19-45(51,52)41-36(22)40(47(56,57)58)62-64(41)20-33(68)60-30(16-23-14-24(49)17-25(50)15-23)38-27(7-6-26(59-38)12-13-44(2,3)75-4)28-8-9-29(48)37-39(28)65(21-46(53,54)55)63-42(37)66(76(5)74)34(69)11-10-32(67)61-31(43(72)73)18-35(70)71/h6-11,14-15,17,22,30-31H,16,18-21H2,1-5H3,(H,60,68)(H,61,67)(H,70,71)(H,72,73)/b11-10+/t22-,30?,31?,76?/m0/s1. The maximum atomic E-state index is 15.4. The predicted octanol–water partition coefficient (Wildman–Crippen LogP) is 8.23. The first-order chi connectivity index (χ1) is 35.2. The van der Waals surface area contributed by atoms with Crippen LogP contribution in [0.4, 0.5) is 49.7 Å². The number of aliphatic carboxylic acids is 2. The number of halogens is 11. The Balaban J connectivity index is 1.59. The minimum atomic E-state index is -5.24. The molecular formula is C47H41ClF10N8O8S2. The highest BCUT2D eigenvalue weighted by atomic mass is 35.5. The van der Waals surface area contributed by atoms with Crippen molar-refractivity contribution in [3.05, 3.63) is 105 Å². The van der Waals surface area contributed by atoms with E-state index in [0.717, 1.165) is 37.4 Å². The van der Waals surface area contributed by atoms with E-state index in [0.29, 0.717) is 27.2 Å². The molecule has 0 fully saturated rings. The van der Waals surface area contributed by atoms with Crippen molar-refractivity contribution >= 4 is 80.7 Å². The van der Waals surface area contributed by atoms with Gasteiger partial charge in [-0.15, -0.1) is 11.8 Å². The van der Waals surface area contributed by atoms with Crippen LogP contribution in [0.5, 0.6) is 0 Å². The Morgan fingerprint density at radius 1 is 0.974 bits per heavy atom. The third-order valence-electron chi connectivity index (χ3n) is 11.4. The zero-order valence-corrected chi connectivity index (χ0v) is 42.4. The Morgan fingerprint density at radius 2 is 1.62 bits per heavy atom. The number of nitrogens with zero attached hydrogens (tertiary/aromatic N) is 6. The molecule has 4 N–H and O–H groups in total. The van der Waals surface area contributed by atoms with Crippen LogP contribution >= 0.6 is 23.4 Å². The number of benzene rings is 2. The number of rotatable bonds is 17. The fraction of sp³-hybridized carbons (Fsp3) is 0.362. The molecule has 6 rings (SSSR count). The van der Waals surface area contributed by atoms with E-state index in [9.17, 15) is 68.4 Å². The van der Waals surface area contributed by atoms with Crippen LogP contribution in [0, 0.1) is 23.5 Å². The molecule has 1 aliphatic carbocycles. The fourth-order valence-electron chi connectivity index (χ4n) is 8.16. The second kappa shape index (κ2) is 22.3. The molecule has 3 aromatic heterocycles. The Morgan fingerprint density at radius 3 is 2.20 bits per heavy atom. The smallest absolute Gasteiger partial charge is 0.435 e. The number of fused-ring (bicyclic) bond motifs is 2. The molecule has 3 heterocycles. The van der Waals surface area contributed by atoms with Crippen molar-refractivity contribution in [2.45, 2.75) is 94.1 Å². The summed E-state index contributed by atoms with van der Waals surface area (Å²) in [7, 11) is -2.58. The van der Waals surface area contributed by atoms with Gasteiger partial charge in [0, 0.05) is 47.6 Å². The molecule has 4 atom stereocenters. The van der Waals surface area contributed by atoms with Crippen molar-refractivity contribution in [1.82, 2.24) is 35.2 Å². The number of aromatic nitrogens is 5. The molecule has 0 saturated heterocycles. The lowest BCUT2D eigenvalue weighted by molar-refractivity contribution is -0.146. The average molecular weight is 1140 g/mol. The maximum Gasteiger partial charge on any atom is 0.435 e. The van der Waals surface area contributed by atoms with Crippen LogP contribution in [-0.2, 0) is 66.6 Å². The number of alkyl halides is 8. The van der Waals surface area contributed by atoms with E-state index in [1.165, 1.54) is 23.9 Å². The lowest BCUT2D eigenvalue weighted by Gasteiger charge is -2.23. The topological polar surface area (TPSA) is 219 Å². The van der Waals surface area contributed by atoms with Crippen LogP contribution in [-0.4, -0.2) is 98.1 Å². The average Bonchev–Trinajstić information content (AvgIpc) is 3.93. The second-order valence-electron chi connectivity index (χ2n) is 17.6. The molecule has 3 unspecified atom stereocenters. The van der Waals surface area contributed by atoms with Crippen LogP contribution in [0.3, 0.4) is 0 Å². The molecule has 2 aromatic carbocycles. The zero-order valence-electron chi connectivity index (χ0n) is 40.0. The van der Waals surface area contributed by atoms with E-state index in [1.54, 1.807) is 20.1 Å². The van der Waals surface area contributed by atoms with Gasteiger partial charge in [0.2, 0.25) is 11.8 Å². The van der Waals surface area contributed by atoms with E-state index in [4.69, 9.17) is 16.7 Å². The number of thioether (sulfide) groups is 1. The predicted molar refractivity (Wildman–Crippen MR) is 256 cm³/mol. The summed E-state index contributed by atoms with van der Waals surface area (Å²) in [4.78, 5) is 67.8. The highest BCUT2D eigenvalue weighted by molar-refractivity contribution is 8.00. The Kier molecular flexibility index (Phi) is 17.1. The van der Waals surface area contributed by atoms with Gasteiger partial charge in [0.05, 0.1) is 38.8 Å². The van der Waals surface area contributed by atoms with Gasteiger partial charge in [-0.1, -0.05) is 30.5 Å². The molecule has 406 valence electrons. The first kappa shape index (κ1) is 58.3. The van der Waals surface area contributed by atoms with Crippen molar-refractivity contribution < 1.29 is 82.3 Å². The number of nitrogens with one attached hydrogen (secondary N) is 2. The number of hydrogen-bond acceptors (Lipinski definition) is 10. The summed E-state index contributed by atoms with van der Waals surface area (Å²) < 4.78 is 160. The van der Waals surface area contributed by atoms with Crippen molar-refractivity contribution in [3.8, 4) is 23.0 Å². The first-order valence-electron chi connectivity index (χ1n) is 22.0. The van der Waals surface area contributed by atoms with Gasteiger partial charge in [-0.25, -0.2) is 27.1 Å². The highest BCUT2D eigenvalue weighted by Gasteiger charge is 2.53. The van der Waals surface area contributed by atoms with E-state index < -0.39 is 164 Å². The van der Waals surface area contributed by atoms with E-state index in [2.05, 4.69) is 32.3 Å². The molecule has 3 amide bonds. The molecule has 1 aliphatic rings. The number of carboxylic acids is 2. The first-order valence-corrected chi connectivity index (χ1v) is 25.1. The van der Waals surface area contributed by atoms with Gasteiger partial charge < -0.3 is 20.8 Å².